The number of hydrogen-bond donors (Lipinski definition) is 1. The van der Waals surface area contributed by atoms with Crippen molar-refractivity contribution in [3.05, 3.63) is 68.4 Å². The molecule has 36 heavy (non-hydrogen) atoms. The Bertz CT molecular complexity index is 1400. The number of imidazole rings is 1. The molecule has 0 bridgehead atoms. The summed E-state index contributed by atoms with van der Waals surface area (Å²) in [6.07, 6.45) is 3.99. The Labute approximate surface area is 209 Å². The fourth-order valence-corrected chi connectivity index (χ4v) is 4.73. The number of allylic oxidation sites excluding steroid dienone is 2. The normalized spacial score (nSPS) is 16.7. The first-order chi connectivity index (χ1) is 17.2. The summed E-state index contributed by atoms with van der Waals surface area (Å²) in [6, 6.07) is 8.14. The van der Waals surface area contributed by atoms with Crippen LogP contribution in [-0.2, 0) is 29.5 Å². The number of nitrogens with zero attached hydrogens (tertiary/aromatic N) is 5. The molecule has 3 heterocycles. The Morgan fingerprint density at radius 2 is 1.97 bits per heavy atom. The van der Waals surface area contributed by atoms with Crippen LogP contribution in [-0.4, -0.2) is 50.9 Å². The maximum Gasteiger partial charge on any atom is 0.333 e. The lowest BCUT2D eigenvalue weighted by molar-refractivity contribution is -0.144. The number of carbonyl (C=O) groups is 1. The second-order valence-corrected chi connectivity index (χ2v) is 9.57. The summed E-state index contributed by atoms with van der Waals surface area (Å²) in [5.41, 5.74) is 7.49. The first-order valence-corrected chi connectivity index (χ1v) is 12.2. The maximum atomic E-state index is 14.0. The third-order valence-electron chi connectivity index (χ3n) is 6.64. The molecule has 1 saturated heterocycles. The van der Waals surface area contributed by atoms with Gasteiger partial charge in [0.1, 0.15) is 6.04 Å². The van der Waals surface area contributed by atoms with Crippen molar-refractivity contribution in [1.29, 1.82) is 0 Å². The SMILES string of the molecule is COC(=O)C(Cc1ccccc1)n1c(=O)c2c(nc(N3CCCC(N)C3)n2CC=C(C)C)n(C)c1=O. The number of aromatic nitrogens is 4. The molecule has 2 unspecified atom stereocenters. The smallest absolute Gasteiger partial charge is 0.333 e. The van der Waals surface area contributed by atoms with E-state index in [-0.39, 0.29) is 23.6 Å². The highest BCUT2D eigenvalue weighted by molar-refractivity contribution is 5.77. The Balaban J connectivity index is 1.97. The zero-order valence-electron chi connectivity index (χ0n) is 21.3. The number of nitrogens with two attached hydrogens (primary N) is 1. The predicted molar refractivity (Wildman–Crippen MR) is 139 cm³/mol. The third kappa shape index (κ3) is 4.86. The molecule has 1 aliphatic heterocycles. The van der Waals surface area contributed by atoms with Crippen LogP contribution in [0.15, 0.2) is 51.6 Å². The number of hydrogen-bond acceptors (Lipinski definition) is 7. The molecule has 3 aromatic rings. The minimum absolute atomic E-state index is 0.00511. The lowest BCUT2D eigenvalue weighted by atomic mass is 10.1. The van der Waals surface area contributed by atoms with Gasteiger partial charge in [-0.15, -0.1) is 0 Å². The van der Waals surface area contributed by atoms with E-state index in [2.05, 4.69) is 4.90 Å². The molecule has 1 aromatic carbocycles. The standard InChI is InChI=1S/C26H34N6O4/c1-17(2)12-14-31-21-22(28-25(31)30-13-8-11-19(27)16-30)29(3)26(35)32(23(21)33)20(24(34)36-4)15-18-9-6-5-7-10-18/h5-7,9-10,12,19-20H,8,11,13-16,27H2,1-4H3. The van der Waals surface area contributed by atoms with Crippen LogP contribution < -0.4 is 21.9 Å². The van der Waals surface area contributed by atoms with E-state index in [4.69, 9.17) is 15.5 Å². The summed E-state index contributed by atoms with van der Waals surface area (Å²) < 4.78 is 9.20. The summed E-state index contributed by atoms with van der Waals surface area (Å²) in [5, 5.41) is 0. The molecule has 0 radical (unpaired) electrons. The van der Waals surface area contributed by atoms with Crippen LogP contribution in [0.25, 0.3) is 11.2 Å². The van der Waals surface area contributed by atoms with Crippen LogP contribution in [0, 0.1) is 0 Å². The molecule has 2 aromatic heterocycles. The molecular formula is C26H34N6O4. The molecule has 0 aliphatic carbocycles. The average molecular weight is 495 g/mol. The molecule has 4 rings (SSSR count). The van der Waals surface area contributed by atoms with Gasteiger partial charge in [0.2, 0.25) is 5.95 Å². The minimum Gasteiger partial charge on any atom is -0.467 e. The minimum atomic E-state index is -1.12. The predicted octanol–water partition coefficient (Wildman–Crippen LogP) is 1.75. The summed E-state index contributed by atoms with van der Waals surface area (Å²) in [4.78, 5) is 47.2. The number of aryl methyl sites for hydroxylation is 1. The van der Waals surface area contributed by atoms with E-state index in [1.54, 1.807) is 7.05 Å². The number of fused-ring (bicyclic) bond motifs is 1. The van der Waals surface area contributed by atoms with Gasteiger partial charge in [-0.3, -0.25) is 9.36 Å². The van der Waals surface area contributed by atoms with Crippen molar-refractivity contribution in [2.24, 2.45) is 12.8 Å². The van der Waals surface area contributed by atoms with Crippen molar-refractivity contribution in [3.8, 4) is 0 Å². The zero-order chi connectivity index (χ0) is 26.0. The number of benzene rings is 1. The Hall–Kier alpha value is -3.66. The van der Waals surface area contributed by atoms with Gasteiger partial charge in [0.05, 0.1) is 7.11 Å². The molecule has 1 aliphatic rings. The topological polar surface area (TPSA) is 117 Å². The van der Waals surface area contributed by atoms with Crippen molar-refractivity contribution in [2.75, 3.05) is 25.1 Å². The van der Waals surface area contributed by atoms with E-state index in [1.807, 2.05) is 54.8 Å². The van der Waals surface area contributed by atoms with Gasteiger partial charge in [0.25, 0.3) is 5.56 Å². The van der Waals surface area contributed by atoms with E-state index in [0.29, 0.717) is 19.0 Å². The lowest BCUT2D eigenvalue weighted by Gasteiger charge is -2.31. The number of methoxy groups -OCH3 is 1. The Morgan fingerprint density at radius 3 is 2.61 bits per heavy atom. The number of esters is 1. The van der Waals surface area contributed by atoms with Crippen molar-refractivity contribution in [1.82, 2.24) is 18.7 Å². The molecule has 192 valence electrons. The molecule has 0 saturated carbocycles. The van der Waals surface area contributed by atoms with E-state index >= 15 is 0 Å². The van der Waals surface area contributed by atoms with Crippen LogP contribution in [0.3, 0.4) is 0 Å². The molecule has 0 amide bonds. The first kappa shape index (κ1) is 25.4. The molecule has 2 atom stereocenters. The van der Waals surface area contributed by atoms with Gasteiger partial charge in [-0.25, -0.2) is 14.2 Å². The number of anilines is 1. The monoisotopic (exact) mass is 494 g/mol. The Kier molecular flexibility index (Phi) is 7.44. The van der Waals surface area contributed by atoms with Crippen molar-refractivity contribution in [3.63, 3.8) is 0 Å². The van der Waals surface area contributed by atoms with Crippen molar-refractivity contribution < 1.29 is 9.53 Å². The number of rotatable bonds is 7. The highest BCUT2D eigenvalue weighted by atomic mass is 16.5. The van der Waals surface area contributed by atoms with E-state index < -0.39 is 23.3 Å². The summed E-state index contributed by atoms with van der Waals surface area (Å²) >= 11 is 0. The molecule has 1 fully saturated rings. The summed E-state index contributed by atoms with van der Waals surface area (Å²) in [7, 11) is 2.83. The first-order valence-electron chi connectivity index (χ1n) is 12.2. The Morgan fingerprint density at radius 1 is 1.25 bits per heavy atom. The second kappa shape index (κ2) is 10.5. The average Bonchev–Trinajstić information content (AvgIpc) is 3.25. The summed E-state index contributed by atoms with van der Waals surface area (Å²) in [5.74, 6) is -0.0600. The van der Waals surface area contributed by atoms with Crippen LogP contribution in [0.4, 0.5) is 5.95 Å². The molecule has 0 spiro atoms. The highest BCUT2D eigenvalue weighted by Gasteiger charge is 2.31. The fraction of sp³-hybridized carbons (Fsp3) is 0.462. The largest absolute Gasteiger partial charge is 0.467 e. The van der Waals surface area contributed by atoms with E-state index in [0.717, 1.165) is 35.1 Å². The van der Waals surface area contributed by atoms with Gasteiger partial charge in [0.15, 0.2) is 11.2 Å². The number of ether oxygens (including phenoxy) is 1. The third-order valence-corrected chi connectivity index (χ3v) is 6.64. The second-order valence-electron chi connectivity index (χ2n) is 9.57. The molecule has 2 N–H and O–H groups in total. The fourth-order valence-electron chi connectivity index (χ4n) is 4.73. The van der Waals surface area contributed by atoms with Gasteiger partial charge in [-0.2, -0.15) is 4.98 Å². The zero-order valence-corrected chi connectivity index (χ0v) is 21.3. The van der Waals surface area contributed by atoms with Crippen LogP contribution in [0.5, 0.6) is 0 Å². The van der Waals surface area contributed by atoms with Gasteiger partial charge in [-0.1, -0.05) is 42.0 Å². The van der Waals surface area contributed by atoms with Crippen molar-refractivity contribution in [2.45, 2.75) is 51.7 Å². The van der Waals surface area contributed by atoms with Crippen LogP contribution in [0.1, 0.15) is 38.3 Å². The van der Waals surface area contributed by atoms with Crippen LogP contribution >= 0.6 is 0 Å². The quantitative estimate of drug-likeness (QED) is 0.393. The van der Waals surface area contributed by atoms with Gasteiger partial charge in [0, 0.05) is 39.1 Å². The molecular weight excluding hydrogens is 460 g/mol. The van der Waals surface area contributed by atoms with Gasteiger partial charge < -0.3 is 19.9 Å². The van der Waals surface area contributed by atoms with Gasteiger partial charge >= 0.3 is 11.7 Å². The van der Waals surface area contributed by atoms with E-state index in [9.17, 15) is 14.4 Å². The molecule has 10 heteroatoms. The number of carbonyl (C=O) groups excluding carboxylic acids is 1. The number of piperidine rings is 1. The highest BCUT2D eigenvalue weighted by Crippen LogP contribution is 2.24. The van der Waals surface area contributed by atoms with Gasteiger partial charge in [-0.05, 0) is 32.3 Å². The van der Waals surface area contributed by atoms with Crippen molar-refractivity contribution >= 4 is 23.1 Å². The van der Waals surface area contributed by atoms with E-state index in [1.165, 1.54) is 11.7 Å². The van der Waals surface area contributed by atoms with Crippen LogP contribution in [0.2, 0.25) is 0 Å². The molecule has 10 nitrogen and oxygen atoms in total. The summed E-state index contributed by atoms with van der Waals surface area (Å²) in [6.45, 7) is 5.73. The lowest BCUT2D eigenvalue weighted by Crippen LogP contribution is -2.45. The maximum absolute atomic E-state index is 14.0.